The number of carbonyl (C=O) groups excluding carboxylic acids is 1. The number of hydrogen-bond donors (Lipinski definition) is 0. The van der Waals surface area contributed by atoms with Crippen LogP contribution in [0, 0.1) is 5.82 Å². The Morgan fingerprint density at radius 3 is 2.24 bits per heavy atom. The van der Waals surface area contributed by atoms with Crippen molar-refractivity contribution in [1.82, 2.24) is 9.80 Å². The highest BCUT2D eigenvalue weighted by Crippen LogP contribution is 2.11. The van der Waals surface area contributed by atoms with Crippen molar-refractivity contribution in [2.45, 2.75) is 19.3 Å². The number of piperazine rings is 1. The molecule has 0 radical (unpaired) electrons. The number of halogens is 1. The topological polar surface area (TPSA) is 23.6 Å². The van der Waals surface area contributed by atoms with E-state index in [0.29, 0.717) is 5.56 Å². The van der Waals surface area contributed by atoms with Gasteiger partial charge in [-0.1, -0.05) is 30.3 Å². The monoisotopic (exact) mass is 340 g/mol. The van der Waals surface area contributed by atoms with Crippen molar-refractivity contribution in [1.29, 1.82) is 0 Å². The van der Waals surface area contributed by atoms with Crippen LogP contribution in [0.5, 0.6) is 0 Å². The number of nitrogens with zero attached hydrogens (tertiary/aromatic N) is 2. The lowest BCUT2D eigenvalue weighted by atomic mass is 10.1. The summed E-state index contributed by atoms with van der Waals surface area (Å²) in [5.74, 6) is -0.305. The molecule has 25 heavy (non-hydrogen) atoms. The van der Waals surface area contributed by atoms with E-state index in [2.05, 4.69) is 35.2 Å². The summed E-state index contributed by atoms with van der Waals surface area (Å²) in [6.45, 7) is 4.41. The Morgan fingerprint density at radius 1 is 0.880 bits per heavy atom. The van der Waals surface area contributed by atoms with Gasteiger partial charge >= 0.3 is 0 Å². The second-order valence-corrected chi connectivity index (χ2v) is 6.58. The van der Waals surface area contributed by atoms with Gasteiger partial charge < -0.3 is 4.90 Å². The number of amides is 1. The molecule has 1 amide bonds. The molecule has 132 valence electrons. The zero-order valence-corrected chi connectivity index (χ0v) is 14.5. The molecule has 1 saturated heterocycles. The Kier molecular flexibility index (Phi) is 6.18. The van der Waals surface area contributed by atoms with Crippen molar-refractivity contribution in [2.75, 3.05) is 32.7 Å². The summed E-state index contributed by atoms with van der Waals surface area (Å²) in [7, 11) is 0. The van der Waals surface area contributed by atoms with Crippen molar-refractivity contribution in [3.8, 4) is 0 Å². The van der Waals surface area contributed by atoms with Crippen molar-refractivity contribution >= 4 is 5.91 Å². The van der Waals surface area contributed by atoms with E-state index in [0.717, 1.165) is 39.1 Å². The molecule has 2 aromatic carbocycles. The Bertz CT molecular complexity index is 664. The van der Waals surface area contributed by atoms with E-state index >= 15 is 0 Å². The molecule has 1 heterocycles. The Morgan fingerprint density at radius 2 is 1.56 bits per heavy atom. The number of unbranched alkanes of at least 4 members (excludes halogenated alkanes) is 1. The van der Waals surface area contributed by atoms with Crippen molar-refractivity contribution in [2.24, 2.45) is 0 Å². The highest BCUT2D eigenvalue weighted by atomic mass is 19.1. The molecule has 0 spiro atoms. The van der Waals surface area contributed by atoms with Crippen LogP contribution >= 0.6 is 0 Å². The number of rotatable bonds is 6. The van der Waals surface area contributed by atoms with Gasteiger partial charge in [-0.3, -0.25) is 9.69 Å². The average molecular weight is 340 g/mol. The predicted molar refractivity (Wildman–Crippen MR) is 98.1 cm³/mol. The van der Waals surface area contributed by atoms with E-state index in [1.807, 2.05) is 4.90 Å². The van der Waals surface area contributed by atoms with E-state index < -0.39 is 0 Å². The lowest BCUT2D eigenvalue weighted by Gasteiger charge is -2.34. The first-order valence-electron chi connectivity index (χ1n) is 9.03. The molecule has 1 aliphatic rings. The largest absolute Gasteiger partial charge is 0.336 e. The molecule has 3 rings (SSSR count). The van der Waals surface area contributed by atoms with Gasteiger partial charge in [0.05, 0.1) is 0 Å². The molecular weight excluding hydrogens is 315 g/mol. The smallest absolute Gasteiger partial charge is 0.253 e. The molecule has 0 atom stereocenters. The number of aryl methyl sites for hydroxylation is 1. The van der Waals surface area contributed by atoms with Gasteiger partial charge in [-0.2, -0.15) is 0 Å². The Hall–Kier alpha value is -2.20. The molecule has 0 bridgehead atoms. The Labute approximate surface area is 149 Å². The van der Waals surface area contributed by atoms with Crippen molar-refractivity contribution in [3.63, 3.8) is 0 Å². The summed E-state index contributed by atoms with van der Waals surface area (Å²) in [4.78, 5) is 16.7. The van der Waals surface area contributed by atoms with Crippen LogP contribution in [0.4, 0.5) is 4.39 Å². The summed E-state index contributed by atoms with van der Waals surface area (Å²) in [5.41, 5.74) is 1.97. The molecule has 0 aliphatic carbocycles. The summed E-state index contributed by atoms with van der Waals surface area (Å²) in [5, 5.41) is 0. The molecule has 2 aromatic rings. The first-order valence-corrected chi connectivity index (χ1v) is 9.03. The first kappa shape index (κ1) is 17.6. The molecular formula is C21H25FN2O. The number of benzene rings is 2. The molecule has 1 aliphatic heterocycles. The first-order chi connectivity index (χ1) is 12.2. The van der Waals surface area contributed by atoms with Crippen LogP contribution < -0.4 is 0 Å². The normalized spacial score (nSPS) is 15.3. The van der Waals surface area contributed by atoms with Crippen molar-refractivity contribution in [3.05, 3.63) is 71.5 Å². The number of hydrogen-bond acceptors (Lipinski definition) is 2. The van der Waals surface area contributed by atoms with Crippen LogP contribution in [0.25, 0.3) is 0 Å². The van der Waals surface area contributed by atoms with Gasteiger partial charge in [0.1, 0.15) is 5.82 Å². The quantitative estimate of drug-likeness (QED) is 0.750. The second-order valence-electron chi connectivity index (χ2n) is 6.58. The summed E-state index contributed by atoms with van der Waals surface area (Å²) in [6, 6.07) is 16.4. The maximum Gasteiger partial charge on any atom is 0.253 e. The van der Waals surface area contributed by atoms with E-state index in [9.17, 15) is 9.18 Å². The SMILES string of the molecule is O=C(c1ccc(F)cc1)N1CCN(CCCCc2ccccc2)CC1. The fraction of sp³-hybridized carbons (Fsp3) is 0.381. The highest BCUT2D eigenvalue weighted by molar-refractivity contribution is 5.94. The number of carbonyl (C=O) groups is 1. The average Bonchev–Trinajstić information content (AvgIpc) is 2.67. The molecule has 0 aromatic heterocycles. The predicted octanol–water partition coefficient (Wildman–Crippen LogP) is 3.61. The zero-order chi connectivity index (χ0) is 17.5. The molecule has 0 saturated carbocycles. The van der Waals surface area contributed by atoms with E-state index in [1.165, 1.54) is 30.5 Å². The standard InChI is InChI=1S/C21H25FN2O/c22-20-11-9-19(10-12-20)21(25)24-16-14-23(15-17-24)13-5-4-8-18-6-2-1-3-7-18/h1-3,6-7,9-12H,4-5,8,13-17H2. The Balaban J connectivity index is 1.37. The minimum absolute atomic E-state index is 0.00345. The van der Waals surface area contributed by atoms with Gasteiger partial charge in [0.25, 0.3) is 5.91 Å². The fourth-order valence-corrected chi connectivity index (χ4v) is 3.26. The van der Waals surface area contributed by atoms with Gasteiger partial charge in [-0.05, 0) is 55.6 Å². The van der Waals surface area contributed by atoms with Gasteiger partial charge in [-0.15, -0.1) is 0 Å². The molecule has 4 heteroatoms. The second kappa shape index (κ2) is 8.77. The molecule has 3 nitrogen and oxygen atoms in total. The van der Waals surface area contributed by atoms with Crippen LogP contribution in [0.3, 0.4) is 0 Å². The van der Waals surface area contributed by atoms with Crippen LogP contribution in [0.1, 0.15) is 28.8 Å². The summed E-state index contributed by atoms with van der Waals surface area (Å²) in [6.07, 6.45) is 3.50. The van der Waals surface area contributed by atoms with Gasteiger partial charge in [0.2, 0.25) is 0 Å². The summed E-state index contributed by atoms with van der Waals surface area (Å²) >= 11 is 0. The van der Waals surface area contributed by atoms with Crippen LogP contribution in [0.15, 0.2) is 54.6 Å². The maximum absolute atomic E-state index is 13.0. The fourth-order valence-electron chi connectivity index (χ4n) is 3.26. The third-order valence-corrected chi connectivity index (χ3v) is 4.78. The lowest BCUT2D eigenvalue weighted by Crippen LogP contribution is -2.48. The minimum Gasteiger partial charge on any atom is -0.336 e. The molecule has 0 unspecified atom stereocenters. The highest BCUT2D eigenvalue weighted by Gasteiger charge is 2.21. The summed E-state index contributed by atoms with van der Waals surface area (Å²) < 4.78 is 13.0. The van der Waals surface area contributed by atoms with E-state index in [4.69, 9.17) is 0 Å². The molecule has 0 N–H and O–H groups in total. The third kappa shape index (κ3) is 5.13. The zero-order valence-electron chi connectivity index (χ0n) is 14.5. The third-order valence-electron chi connectivity index (χ3n) is 4.78. The van der Waals surface area contributed by atoms with Crippen LogP contribution in [-0.2, 0) is 6.42 Å². The van der Waals surface area contributed by atoms with Crippen molar-refractivity contribution < 1.29 is 9.18 Å². The van der Waals surface area contributed by atoms with E-state index in [1.54, 1.807) is 12.1 Å². The maximum atomic E-state index is 13.0. The van der Waals surface area contributed by atoms with Crippen LogP contribution in [-0.4, -0.2) is 48.4 Å². The lowest BCUT2D eigenvalue weighted by molar-refractivity contribution is 0.0635. The van der Waals surface area contributed by atoms with E-state index in [-0.39, 0.29) is 11.7 Å². The van der Waals surface area contributed by atoms with Crippen LogP contribution in [0.2, 0.25) is 0 Å². The van der Waals surface area contributed by atoms with Gasteiger partial charge in [0.15, 0.2) is 0 Å². The van der Waals surface area contributed by atoms with Gasteiger partial charge in [0, 0.05) is 31.7 Å². The minimum atomic E-state index is -0.308. The molecule has 1 fully saturated rings. The van der Waals surface area contributed by atoms with Gasteiger partial charge in [-0.25, -0.2) is 4.39 Å².